The summed E-state index contributed by atoms with van der Waals surface area (Å²) in [6.07, 6.45) is 1.98. The van der Waals surface area contributed by atoms with Gasteiger partial charge >= 0.3 is 0 Å². The first-order chi connectivity index (χ1) is 10.7. The molecule has 0 aliphatic carbocycles. The molecule has 0 spiro atoms. The van der Waals surface area contributed by atoms with Gasteiger partial charge < -0.3 is 10.0 Å². The molecule has 1 aliphatic rings. The van der Waals surface area contributed by atoms with Crippen molar-refractivity contribution in [1.82, 2.24) is 4.90 Å². The van der Waals surface area contributed by atoms with E-state index in [1.807, 2.05) is 16.3 Å². The highest BCUT2D eigenvalue weighted by Gasteiger charge is 2.26. The topological polar surface area (TPSA) is 40.5 Å². The Kier molecular flexibility index (Phi) is 4.60. The fraction of sp³-hybridized carbons (Fsp3) is 0.389. The molecule has 1 saturated heterocycles. The van der Waals surface area contributed by atoms with Crippen molar-refractivity contribution in [2.45, 2.75) is 19.8 Å². The van der Waals surface area contributed by atoms with Crippen LogP contribution in [0.15, 0.2) is 35.7 Å². The summed E-state index contributed by atoms with van der Waals surface area (Å²) in [5.41, 5.74) is 3.32. The summed E-state index contributed by atoms with van der Waals surface area (Å²) < 4.78 is 0. The van der Waals surface area contributed by atoms with Crippen LogP contribution in [-0.2, 0) is 0 Å². The van der Waals surface area contributed by atoms with Crippen molar-refractivity contribution >= 4 is 17.2 Å². The van der Waals surface area contributed by atoms with Crippen molar-refractivity contribution in [2.24, 2.45) is 5.92 Å². The van der Waals surface area contributed by atoms with Crippen LogP contribution in [0.3, 0.4) is 0 Å². The molecule has 3 rings (SSSR count). The van der Waals surface area contributed by atoms with Crippen molar-refractivity contribution in [1.29, 1.82) is 0 Å². The number of aliphatic hydroxyl groups is 1. The van der Waals surface area contributed by atoms with Crippen LogP contribution in [0.1, 0.15) is 28.1 Å². The second-order valence-electron chi connectivity index (χ2n) is 5.97. The maximum absolute atomic E-state index is 12.8. The monoisotopic (exact) mass is 315 g/mol. The number of carbonyl (C=O) groups is 1. The molecular formula is C18H21NO2S. The van der Waals surface area contributed by atoms with Crippen LogP contribution in [-0.4, -0.2) is 35.6 Å². The molecule has 1 aromatic carbocycles. The Morgan fingerprint density at radius 1 is 1.32 bits per heavy atom. The molecule has 4 heteroatoms. The van der Waals surface area contributed by atoms with Crippen LogP contribution in [0.2, 0.25) is 0 Å². The van der Waals surface area contributed by atoms with Gasteiger partial charge in [0.25, 0.3) is 5.91 Å². The first-order valence-corrected chi connectivity index (χ1v) is 8.61. The largest absolute Gasteiger partial charge is 0.396 e. The SMILES string of the molecule is Cc1ccc(-c2ccsc2C(=O)N2CCCC(CO)C2)cc1. The average molecular weight is 315 g/mol. The minimum Gasteiger partial charge on any atom is -0.396 e. The van der Waals surface area contributed by atoms with Gasteiger partial charge in [-0.3, -0.25) is 4.79 Å². The molecule has 1 atom stereocenters. The second-order valence-corrected chi connectivity index (χ2v) is 6.89. The number of benzene rings is 1. The van der Waals surface area contributed by atoms with Crippen molar-refractivity contribution in [3.63, 3.8) is 0 Å². The van der Waals surface area contributed by atoms with Crippen molar-refractivity contribution in [3.05, 3.63) is 46.2 Å². The number of hydrogen-bond donors (Lipinski definition) is 1. The Morgan fingerprint density at radius 3 is 2.82 bits per heavy atom. The molecule has 3 nitrogen and oxygen atoms in total. The quantitative estimate of drug-likeness (QED) is 0.940. The predicted molar refractivity (Wildman–Crippen MR) is 90.2 cm³/mol. The summed E-state index contributed by atoms with van der Waals surface area (Å²) in [6, 6.07) is 10.3. The molecular weight excluding hydrogens is 294 g/mol. The van der Waals surface area contributed by atoms with Crippen molar-refractivity contribution < 1.29 is 9.90 Å². The molecule has 0 radical (unpaired) electrons. The van der Waals surface area contributed by atoms with Crippen molar-refractivity contribution in [2.75, 3.05) is 19.7 Å². The smallest absolute Gasteiger partial charge is 0.264 e. The number of likely N-dealkylation sites (tertiary alicyclic amines) is 1. The van der Waals surface area contributed by atoms with Gasteiger partial charge in [0.05, 0.1) is 4.88 Å². The number of carbonyl (C=O) groups excluding carboxylic acids is 1. The van der Waals surface area contributed by atoms with E-state index in [9.17, 15) is 9.90 Å². The Morgan fingerprint density at radius 2 is 2.09 bits per heavy atom. The summed E-state index contributed by atoms with van der Waals surface area (Å²) in [7, 11) is 0. The number of nitrogens with zero attached hydrogens (tertiary/aromatic N) is 1. The molecule has 2 aromatic rings. The fourth-order valence-electron chi connectivity index (χ4n) is 2.98. The van der Waals surface area contributed by atoms with Crippen LogP contribution in [0, 0.1) is 12.8 Å². The predicted octanol–water partition coefficient (Wildman–Crippen LogP) is 3.57. The third kappa shape index (κ3) is 3.08. The first-order valence-electron chi connectivity index (χ1n) is 7.73. The van der Waals surface area contributed by atoms with Crippen molar-refractivity contribution in [3.8, 4) is 11.1 Å². The van der Waals surface area contributed by atoms with Crippen LogP contribution in [0.25, 0.3) is 11.1 Å². The lowest BCUT2D eigenvalue weighted by Crippen LogP contribution is -2.40. The first kappa shape index (κ1) is 15.3. The lowest BCUT2D eigenvalue weighted by atomic mass is 9.98. The van der Waals surface area contributed by atoms with Crippen LogP contribution >= 0.6 is 11.3 Å². The van der Waals surface area contributed by atoms with Gasteiger partial charge in [0.1, 0.15) is 0 Å². The Hall–Kier alpha value is -1.65. The van der Waals surface area contributed by atoms with Gasteiger partial charge in [-0.15, -0.1) is 11.3 Å². The Bertz CT molecular complexity index is 647. The zero-order chi connectivity index (χ0) is 15.5. The highest BCUT2D eigenvalue weighted by molar-refractivity contribution is 7.12. The van der Waals surface area contributed by atoms with E-state index in [2.05, 4.69) is 31.2 Å². The molecule has 116 valence electrons. The molecule has 0 bridgehead atoms. The molecule has 0 saturated carbocycles. The minimum atomic E-state index is 0.101. The minimum absolute atomic E-state index is 0.101. The number of amides is 1. The van der Waals surface area contributed by atoms with E-state index in [4.69, 9.17) is 0 Å². The number of rotatable bonds is 3. The molecule has 22 heavy (non-hydrogen) atoms. The Labute approximate surface area is 135 Å². The lowest BCUT2D eigenvalue weighted by molar-refractivity contribution is 0.0626. The Balaban J connectivity index is 1.85. The molecule has 1 unspecified atom stereocenters. The normalized spacial score (nSPS) is 18.5. The number of aliphatic hydroxyl groups excluding tert-OH is 1. The van der Waals surface area contributed by atoms with Gasteiger partial charge in [-0.05, 0) is 42.7 Å². The van der Waals surface area contributed by atoms with Gasteiger partial charge in [0.15, 0.2) is 0 Å². The number of piperidine rings is 1. The van der Waals surface area contributed by atoms with E-state index < -0.39 is 0 Å². The summed E-state index contributed by atoms with van der Waals surface area (Å²) in [5, 5.41) is 11.3. The average Bonchev–Trinajstić information content (AvgIpc) is 3.04. The van der Waals surface area contributed by atoms with Gasteiger partial charge in [-0.25, -0.2) is 0 Å². The molecule has 2 heterocycles. The number of aryl methyl sites for hydroxylation is 1. The molecule has 1 aromatic heterocycles. The molecule has 1 aliphatic heterocycles. The molecule has 1 fully saturated rings. The van der Waals surface area contributed by atoms with Gasteiger partial charge in [-0.1, -0.05) is 29.8 Å². The molecule has 1 N–H and O–H groups in total. The zero-order valence-corrected chi connectivity index (χ0v) is 13.6. The van der Waals surface area contributed by atoms with E-state index in [-0.39, 0.29) is 18.4 Å². The highest BCUT2D eigenvalue weighted by atomic mass is 32.1. The van der Waals surface area contributed by atoms with Crippen LogP contribution in [0.5, 0.6) is 0 Å². The zero-order valence-electron chi connectivity index (χ0n) is 12.8. The maximum Gasteiger partial charge on any atom is 0.264 e. The lowest BCUT2D eigenvalue weighted by Gasteiger charge is -2.31. The van der Waals surface area contributed by atoms with E-state index in [1.165, 1.54) is 16.9 Å². The van der Waals surface area contributed by atoms with Crippen LogP contribution in [0.4, 0.5) is 0 Å². The van der Waals surface area contributed by atoms with E-state index in [0.717, 1.165) is 35.4 Å². The fourth-order valence-corrected chi connectivity index (χ4v) is 3.86. The standard InChI is InChI=1S/C18H21NO2S/c1-13-4-6-15(7-5-13)16-8-10-22-17(16)18(21)19-9-2-3-14(11-19)12-20/h4-8,10,14,20H,2-3,9,11-12H2,1H3. The van der Waals surface area contributed by atoms with Gasteiger partial charge in [0, 0.05) is 25.3 Å². The third-order valence-electron chi connectivity index (χ3n) is 4.29. The van der Waals surface area contributed by atoms with Crippen LogP contribution < -0.4 is 0 Å². The summed E-state index contributed by atoms with van der Waals surface area (Å²) in [6.45, 7) is 3.69. The summed E-state index contributed by atoms with van der Waals surface area (Å²) >= 11 is 1.51. The number of thiophene rings is 1. The summed E-state index contributed by atoms with van der Waals surface area (Å²) in [4.78, 5) is 15.5. The summed E-state index contributed by atoms with van der Waals surface area (Å²) in [5.74, 6) is 0.323. The molecule has 1 amide bonds. The second kappa shape index (κ2) is 6.63. The third-order valence-corrected chi connectivity index (χ3v) is 5.19. The van der Waals surface area contributed by atoms with Gasteiger partial charge in [0.2, 0.25) is 0 Å². The van der Waals surface area contributed by atoms with E-state index in [0.29, 0.717) is 6.54 Å². The number of hydrogen-bond acceptors (Lipinski definition) is 3. The van der Waals surface area contributed by atoms with Gasteiger partial charge in [-0.2, -0.15) is 0 Å². The van der Waals surface area contributed by atoms with E-state index in [1.54, 1.807) is 0 Å². The highest BCUT2D eigenvalue weighted by Crippen LogP contribution is 2.30. The van der Waals surface area contributed by atoms with E-state index >= 15 is 0 Å². The maximum atomic E-state index is 12.8.